The summed E-state index contributed by atoms with van der Waals surface area (Å²) in [5.41, 5.74) is 11.2. The fraction of sp³-hybridized carbons (Fsp3) is 0.333. The minimum absolute atomic E-state index is 0.0753. The van der Waals surface area contributed by atoms with E-state index in [0.29, 0.717) is 18.7 Å². The molecule has 1 heterocycles. The van der Waals surface area contributed by atoms with Gasteiger partial charge in [0.15, 0.2) is 0 Å². The third-order valence-electron chi connectivity index (χ3n) is 4.93. The first-order valence-electron chi connectivity index (χ1n) is 8.91. The van der Waals surface area contributed by atoms with Gasteiger partial charge in [0.05, 0.1) is 13.2 Å². The van der Waals surface area contributed by atoms with E-state index in [1.54, 1.807) is 17.0 Å². The summed E-state index contributed by atoms with van der Waals surface area (Å²) in [6.07, 6.45) is 0.515. The highest BCUT2D eigenvalue weighted by molar-refractivity contribution is 5.99. The predicted octanol–water partition coefficient (Wildman–Crippen LogP) is 2.91. The lowest BCUT2D eigenvalue weighted by Crippen LogP contribution is -2.44. The number of rotatable bonds is 4. The Morgan fingerprint density at radius 1 is 1.19 bits per heavy atom. The van der Waals surface area contributed by atoms with E-state index in [4.69, 9.17) is 10.5 Å². The molecule has 3 rings (SSSR count). The summed E-state index contributed by atoms with van der Waals surface area (Å²) in [5.74, 6) is 0.336. The first-order chi connectivity index (χ1) is 12.9. The van der Waals surface area contributed by atoms with Crippen LogP contribution in [0.5, 0.6) is 5.75 Å². The molecule has 1 aliphatic heterocycles. The Kier molecular flexibility index (Phi) is 5.46. The van der Waals surface area contributed by atoms with Crippen molar-refractivity contribution in [1.29, 1.82) is 0 Å². The number of nitrogens with two attached hydrogens (primary N) is 1. The van der Waals surface area contributed by atoms with Gasteiger partial charge < -0.3 is 20.1 Å². The smallest absolute Gasteiger partial charge is 0.437 e. The van der Waals surface area contributed by atoms with Crippen LogP contribution in [0.3, 0.4) is 0 Å². The topological polar surface area (TPSA) is 81.9 Å². The second-order valence-electron chi connectivity index (χ2n) is 6.77. The summed E-state index contributed by atoms with van der Waals surface area (Å²) in [6.45, 7) is 4.49. The molecule has 0 saturated carbocycles. The third kappa shape index (κ3) is 3.95. The number of methoxy groups -OCH3 is 1. The van der Waals surface area contributed by atoms with Gasteiger partial charge in [-0.05, 0) is 67.1 Å². The quantitative estimate of drug-likeness (QED) is 0.663. The zero-order chi connectivity index (χ0) is 19.6. The summed E-state index contributed by atoms with van der Waals surface area (Å²) < 4.78 is 9.60. The molecule has 0 saturated heterocycles. The van der Waals surface area contributed by atoms with Crippen LogP contribution in [0.2, 0.25) is 0 Å². The second kappa shape index (κ2) is 7.80. The fourth-order valence-corrected chi connectivity index (χ4v) is 3.55. The molecule has 0 radical (unpaired) electrons. The molecule has 6 nitrogen and oxygen atoms in total. The van der Waals surface area contributed by atoms with Crippen molar-refractivity contribution in [2.45, 2.75) is 32.7 Å². The van der Waals surface area contributed by atoms with E-state index in [1.165, 1.54) is 12.7 Å². The number of hydrogen-bond donors (Lipinski definition) is 1. The highest BCUT2D eigenvalue weighted by Gasteiger charge is 2.28. The van der Waals surface area contributed by atoms with Gasteiger partial charge in [-0.25, -0.2) is 4.79 Å². The van der Waals surface area contributed by atoms with Gasteiger partial charge in [0.25, 0.3) is 0 Å². The van der Waals surface area contributed by atoms with Crippen LogP contribution in [-0.2, 0) is 22.4 Å². The first kappa shape index (κ1) is 18.9. The maximum Gasteiger partial charge on any atom is 0.513 e. The van der Waals surface area contributed by atoms with E-state index >= 15 is 0 Å². The minimum Gasteiger partial charge on any atom is -0.437 e. The average Bonchev–Trinajstić information content (AvgIpc) is 3.07. The van der Waals surface area contributed by atoms with E-state index < -0.39 is 12.2 Å². The fourth-order valence-electron chi connectivity index (χ4n) is 3.55. The molecular formula is C21H24N2O4. The number of ether oxygens (including phenoxy) is 2. The van der Waals surface area contributed by atoms with Crippen molar-refractivity contribution in [2.24, 2.45) is 5.73 Å². The number of aryl methyl sites for hydroxylation is 2. The molecule has 1 amide bonds. The molecule has 6 heteroatoms. The van der Waals surface area contributed by atoms with Gasteiger partial charge in [0, 0.05) is 12.2 Å². The number of para-hydroxylation sites is 1. The van der Waals surface area contributed by atoms with Crippen LogP contribution in [0.1, 0.15) is 22.3 Å². The first-order valence-corrected chi connectivity index (χ1v) is 8.91. The van der Waals surface area contributed by atoms with Gasteiger partial charge in [0.2, 0.25) is 5.91 Å². The maximum atomic E-state index is 12.9. The summed E-state index contributed by atoms with van der Waals surface area (Å²) >= 11 is 0. The molecule has 0 aromatic heterocycles. The lowest BCUT2D eigenvalue weighted by atomic mass is 9.95. The molecule has 0 fully saturated rings. The van der Waals surface area contributed by atoms with Crippen molar-refractivity contribution in [3.05, 3.63) is 58.7 Å². The molecule has 142 valence electrons. The Bertz CT molecular complexity index is 855. The van der Waals surface area contributed by atoms with E-state index in [-0.39, 0.29) is 5.91 Å². The van der Waals surface area contributed by atoms with E-state index in [2.05, 4.69) is 4.74 Å². The van der Waals surface area contributed by atoms with Gasteiger partial charge in [-0.15, -0.1) is 0 Å². The Hall–Kier alpha value is -2.86. The Morgan fingerprint density at radius 3 is 2.52 bits per heavy atom. The number of nitrogens with zero attached hydrogens (tertiary/aromatic N) is 1. The molecule has 2 N–H and O–H groups in total. The van der Waals surface area contributed by atoms with E-state index in [0.717, 1.165) is 28.8 Å². The molecule has 1 aliphatic rings. The minimum atomic E-state index is -0.763. The van der Waals surface area contributed by atoms with E-state index in [1.807, 2.05) is 38.1 Å². The number of carbonyl (C=O) groups excluding carboxylic acids is 2. The van der Waals surface area contributed by atoms with Crippen molar-refractivity contribution in [3.8, 4) is 5.75 Å². The molecule has 1 atom stereocenters. The van der Waals surface area contributed by atoms with Gasteiger partial charge in [-0.1, -0.05) is 18.2 Å². The molecule has 0 bridgehead atoms. The van der Waals surface area contributed by atoms with Crippen LogP contribution < -0.4 is 15.4 Å². The number of benzene rings is 2. The third-order valence-corrected chi connectivity index (χ3v) is 4.93. The average molecular weight is 368 g/mol. The maximum absolute atomic E-state index is 12.9. The lowest BCUT2D eigenvalue weighted by molar-refractivity contribution is -0.119. The number of amides is 1. The monoisotopic (exact) mass is 368 g/mol. The van der Waals surface area contributed by atoms with Crippen molar-refractivity contribution in [2.75, 3.05) is 18.6 Å². The summed E-state index contributed by atoms with van der Waals surface area (Å²) in [4.78, 5) is 26.0. The number of hydrogen-bond acceptors (Lipinski definition) is 5. The molecule has 27 heavy (non-hydrogen) atoms. The Morgan fingerprint density at radius 2 is 1.85 bits per heavy atom. The zero-order valence-corrected chi connectivity index (χ0v) is 15.8. The molecule has 0 aliphatic carbocycles. The van der Waals surface area contributed by atoms with Gasteiger partial charge in [-0.2, -0.15) is 0 Å². The van der Waals surface area contributed by atoms with Crippen LogP contribution in [0, 0.1) is 13.8 Å². The standard InChI is InChI=1S/C21H24N2O4/c1-13-10-16(27-21(25)26-3)11-14(2)17(13)12-18(22)20(24)23-9-8-15-6-4-5-7-19(15)23/h4-7,10-11,18H,8-9,12,22H2,1-3H3/t18-/m1/s1. The second-order valence-corrected chi connectivity index (χ2v) is 6.77. The zero-order valence-electron chi connectivity index (χ0n) is 15.8. The molecule has 0 unspecified atom stereocenters. The van der Waals surface area contributed by atoms with Crippen molar-refractivity contribution in [3.63, 3.8) is 0 Å². The highest BCUT2D eigenvalue weighted by Crippen LogP contribution is 2.29. The van der Waals surface area contributed by atoms with E-state index in [9.17, 15) is 9.59 Å². The summed E-state index contributed by atoms with van der Waals surface area (Å²) in [6, 6.07) is 10.8. The molecule has 2 aromatic rings. The van der Waals surface area contributed by atoms with Crippen LogP contribution in [0.25, 0.3) is 0 Å². The lowest BCUT2D eigenvalue weighted by Gasteiger charge is -2.23. The van der Waals surface area contributed by atoms with Crippen molar-refractivity contribution < 1.29 is 19.1 Å². The largest absolute Gasteiger partial charge is 0.513 e. The SMILES string of the molecule is COC(=O)Oc1cc(C)c(C[C@@H](N)C(=O)N2CCc3ccccc32)c(C)c1. The predicted molar refractivity (Wildman–Crippen MR) is 103 cm³/mol. The van der Waals surface area contributed by atoms with Crippen molar-refractivity contribution in [1.82, 2.24) is 0 Å². The van der Waals surface area contributed by atoms with Crippen LogP contribution in [-0.4, -0.2) is 31.8 Å². The molecular weight excluding hydrogens is 344 g/mol. The molecule has 2 aromatic carbocycles. The van der Waals surface area contributed by atoms with Crippen molar-refractivity contribution >= 4 is 17.7 Å². The normalized spacial score (nSPS) is 13.9. The van der Waals surface area contributed by atoms with Crippen LogP contribution >= 0.6 is 0 Å². The Labute approximate surface area is 158 Å². The van der Waals surface area contributed by atoms with Gasteiger partial charge in [0.1, 0.15) is 5.75 Å². The molecule has 0 spiro atoms. The summed E-state index contributed by atoms with van der Waals surface area (Å²) in [7, 11) is 1.26. The number of anilines is 1. The van der Waals surface area contributed by atoms with Crippen LogP contribution in [0.15, 0.2) is 36.4 Å². The number of fused-ring (bicyclic) bond motifs is 1. The number of carbonyl (C=O) groups is 2. The Balaban J connectivity index is 1.75. The highest BCUT2D eigenvalue weighted by atomic mass is 16.7. The summed E-state index contributed by atoms with van der Waals surface area (Å²) in [5, 5.41) is 0. The van der Waals surface area contributed by atoms with Crippen LogP contribution in [0.4, 0.5) is 10.5 Å². The van der Waals surface area contributed by atoms with Gasteiger partial charge in [-0.3, -0.25) is 4.79 Å². The van der Waals surface area contributed by atoms with Gasteiger partial charge >= 0.3 is 6.16 Å².